The fourth-order valence-electron chi connectivity index (χ4n) is 5.58. The average molecular weight is 588 g/mol. The number of sulfone groups is 1. The maximum absolute atomic E-state index is 14.2. The van der Waals surface area contributed by atoms with Gasteiger partial charge in [-0.2, -0.15) is 28.6 Å². The van der Waals surface area contributed by atoms with Gasteiger partial charge in [-0.05, 0) is 69.7 Å². The Hall–Kier alpha value is -3.86. The molecule has 3 aliphatic rings. The monoisotopic (exact) mass is 587 g/mol. The average Bonchev–Trinajstić information content (AvgIpc) is 3.26. The van der Waals surface area contributed by atoms with Crippen LogP contribution in [0.25, 0.3) is 5.69 Å². The number of hydrogen-bond acceptors (Lipinski definition) is 7. The molecule has 3 fully saturated rings. The molecule has 0 bridgehead atoms. The van der Waals surface area contributed by atoms with E-state index in [-0.39, 0.29) is 24.7 Å². The third-order valence-electron chi connectivity index (χ3n) is 8.23. The molecule has 1 aliphatic heterocycles. The molecule has 1 aromatic carbocycles. The Morgan fingerprint density at radius 3 is 2.56 bits per heavy atom. The van der Waals surface area contributed by atoms with Gasteiger partial charge < -0.3 is 10.2 Å². The van der Waals surface area contributed by atoms with E-state index < -0.39 is 49.2 Å². The SMILES string of the molecule is Cc1cc(N2C[C@H](S(=O)(=O)c3ccc(-n4cccn4)cc3C(F)(F)F)C[C@H]2C(=O)NC2(C#N)CC2)n(C2CCC2)n1. The first kappa shape index (κ1) is 27.3. The Balaban J connectivity index is 1.39. The van der Waals surface area contributed by atoms with Gasteiger partial charge in [0.2, 0.25) is 5.91 Å². The lowest BCUT2D eigenvalue weighted by Crippen LogP contribution is -2.48. The third-order valence-corrected chi connectivity index (χ3v) is 10.4. The summed E-state index contributed by atoms with van der Waals surface area (Å²) < 4.78 is 73.6. The van der Waals surface area contributed by atoms with Gasteiger partial charge in [0, 0.05) is 25.0 Å². The number of carbonyl (C=O) groups is 1. The topological polar surface area (TPSA) is 126 Å². The van der Waals surface area contributed by atoms with Crippen molar-refractivity contribution in [2.45, 2.75) is 79.4 Å². The van der Waals surface area contributed by atoms with Crippen molar-refractivity contribution in [3.63, 3.8) is 0 Å². The van der Waals surface area contributed by atoms with Crippen molar-refractivity contribution < 1.29 is 26.4 Å². The largest absolute Gasteiger partial charge is 0.417 e. The van der Waals surface area contributed by atoms with Gasteiger partial charge in [-0.3, -0.25) is 4.79 Å². The van der Waals surface area contributed by atoms with Crippen LogP contribution in [0.3, 0.4) is 0 Å². The number of halogens is 3. The maximum Gasteiger partial charge on any atom is 0.417 e. The molecule has 3 aromatic rings. The predicted octanol–water partition coefficient (Wildman–Crippen LogP) is 3.71. The molecule has 14 heteroatoms. The van der Waals surface area contributed by atoms with Crippen LogP contribution in [0.15, 0.2) is 47.6 Å². The smallest absolute Gasteiger partial charge is 0.343 e. The number of amides is 1. The summed E-state index contributed by atoms with van der Waals surface area (Å²) in [6, 6.07) is 7.53. The van der Waals surface area contributed by atoms with E-state index in [2.05, 4.69) is 21.6 Å². The number of nitrogens with one attached hydrogen (secondary N) is 1. The van der Waals surface area contributed by atoms with Gasteiger partial charge in [0.15, 0.2) is 9.84 Å². The van der Waals surface area contributed by atoms with E-state index >= 15 is 0 Å². The Kier molecular flexibility index (Phi) is 6.40. The van der Waals surface area contributed by atoms with Crippen molar-refractivity contribution in [3.8, 4) is 11.8 Å². The second-order valence-corrected chi connectivity index (χ2v) is 13.3. The summed E-state index contributed by atoms with van der Waals surface area (Å²) in [5, 5.41) is 19.5. The van der Waals surface area contributed by atoms with Gasteiger partial charge in [-0.25, -0.2) is 17.8 Å². The number of nitriles is 1. The zero-order chi connectivity index (χ0) is 29.2. The fourth-order valence-corrected chi connectivity index (χ4v) is 7.47. The first-order valence-electron chi connectivity index (χ1n) is 13.4. The number of hydrogen-bond donors (Lipinski definition) is 1. The Morgan fingerprint density at radius 2 is 1.98 bits per heavy atom. The first-order valence-corrected chi connectivity index (χ1v) is 15.0. The van der Waals surface area contributed by atoms with Crippen molar-refractivity contribution in [1.82, 2.24) is 24.9 Å². The summed E-state index contributed by atoms with van der Waals surface area (Å²) in [7, 11) is -4.56. The molecule has 2 aliphatic carbocycles. The Morgan fingerprint density at radius 1 is 1.22 bits per heavy atom. The fraction of sp³-hybridized carbons (Fsp3) is 0.481. The van der Waals surface area contributed by atoms with Crippen LogP contribution < -0.4 is 10.2 Å². The molecule has 0 radical (unpaired) electrons. The van der Waals surface area contributed by atoms with E-state index in [0.717, 1.165) is 31.4 Å². The highest BCUT2D eigenvalue weighted by Crippen LogP contribution is 2.42. The van der Waals surface area contributed by atoms with Crippen LogP contribution in [0.5, 0.6) is 0 Å². The standard InChI is InChI=1S/C27H28F3N7O3S/c1-17-12-24(37(34-17)18-4-2-5-18)35-15-20(14-22(35)25(38)33-26(16-31)8-9-26)41(39,40)23-7-6-19(36-11-3-10-32-36)13-21(23)27(28,29)30/h3,6-7,10-13,18,20,22H,2,4-5,8-9,14-15H2,1H3,(H,33,38)/t20-,22+/m1/s1. The summed E-state index contributed by atoms with van der Waals surface area (Å²) in [4.78, 5) is 14.3. The number of alkyl halides is 3. The molecule has 1 N–H and O–H groups in total. The molecule has 2 saturated carbocycles. The van der Waals surface area contributed by atoms with Gasteiger partial charge in [-0.15, -0.1) is 0 Å². The van der Waals surface area contributed by atoms with Crippen LogP contribution >= 0.6 is 0 Å². The van der Waals surface area contributed by atoms with E-state index in [9.17, 15) is 31.6 Å². The van der Waals surface area contributed by atoms with E-state index in [4.69, 9.17) is 0 Å². The molecule has 10 nitrogen and oxygen atoms in total. The van der Waals surface area contributed by atoms with E-state index in [1.54, 1.807) is 28.6 Å². The van der Waals surface area contributed by atoms with Gasteiger partial charge in [0.1, 0.15) is 17.4 Å². The lowest BCUT2D eigenvalue weighted by atomic mass is 9.93. The number of aryl methyl sites for hydroxylation is 1. The quantitative estimate of drug-likeness (QED) is 0.447. The summed E-state index contributed by atoms with van der Waals surface area (Å²) >= 11 is 0. The molecule has 1 saturated heterocycles. The number of nitrogens with zero attached hydrogens (tertiary/aromatic N) is 6. The summed E-state index contributed by atoms with van der Waals surface area (Å²) in [6.07, 6.45) is 1.44. The van der Waals surface area contributed by atoms with Crippen LogP contribution in [-0.2, 0) is 20.8 Å². The van der Waals surface area contributed by atoms with Gasteiger partial charge in [0.25, 0.3) is 0 Å². The van der Waals surface area contributed by atoms with Crippen LogP contribution in [0, 0.1) is 18.3 Å². The summed E-state index contributed by atoms with van der Waals surface area (Å²) in [5.74, 6) is 0.0303. The minimum absolute atomic E-state index is 0.0673. The molecule has 6 rings (SSSR count). The predicted molar refractivity (Wildman–Crippen MR) is 141 cm³/mol. The zero-order valence-electron chi connectivity index (χ0n) is 22.2. The van der Waals surface area contributed by atoms with E-state index in [1.165, 1.54) is 23.1 Å². The van der Waals surface area contributed by atoms with E-state index in [0.29, 0.717) is 24.4 Å². The number of rotatable bonds is 7. The minimum atomic E-state index is -4.95. The van der Waals surface area contributed by atoms with Crippen LogP contribution in [0.2, 0.25) is 0 Å². The number of benzene rings is 1. The maximum atomic E-state index is 14.2. The molecule has 216 valence electrons. The Labute approximate surface area is 234 Å². The van der Waals surface area contributed by atoms with Crippen LogP contribution in [0.1, 0.15) is 55.8 Å². The highest BCUT2D eigenvalue weighted by atomic mass is 32.2. The molecular formula is C27H28F3N7O3S. The minimum Gasteiger partial charge on any atom is -0.343 e. The van der Waals surface area contributed by atoms with Crippen molar-refractivity contribution in [2.24, 2.45) is 0 Å². The normalized spacial score (nSPS) is 22.3. The van der Waals surface area contributed by atoms with Crippen molar-refractivity contribution in [2.75, 3.05) is 11.4 Å². The highest BCUT2D eigenvalue weighted by molar-refractivity contribution is 7.92. The number of aromatic nitrogens is 4. The van der Waals surface area contributed by atoms with Crippen LogP contribution in [0.4, 0.5) is 19.0 Å². The first-order chi connectivity index (χ1) is 19.4. The molecule has 0 unspecified atom stereocenters. The Bertz CT molecular complexity index is 1630. The van der Waals surface area contributed by atoms with Gasteiger partial charge >= 0.3 is 6.18 Å². The van der Waals surface area contributed by atoms with E-state index in [1.807, 2.05) is 0 Å². The number of carbonyl (C=O) groups excluding carboxylic acids is 1. The molecule has 2 atom stereocenters. The molecule has 2 aromatic heterocycles. The summed E-state index contributed by atoms with van der Waals surface area (Å²) in [5.41, 5.74) is -1.53. The lowest BCUT2D eigenvalue weighted by molar-refractivity contribution is -0.139. The molecule has 1 amide bonds. The van der Waals surface area contributed by atoms with Crippen molar-refractivity contribution in [1.29, 1.82) is 5.26 Å². The highest BCUT2D eigenvalue weighted by Gasteiger charge is 2.51. The lowest BCUT2D eigenvalue weighted by Gasteiger charge is -2.32. The second kappa shape index (κ2) is 9.61. The van der Waals surface area contributed by atoms with Crippen molar-refractivity contribution in [3.05, 3.63) is 54.0 Å². The third kappa shape index (κ3) is 4.86. The van der Waals surface area contributed by atoms with Crippen LogP contribution in [-0.4, -0.2) is 57.3 Å². The zero-order valence-corrected chi connectivity index (χ0v) is 23.0. The van der Waals surface area contributed by atoms with Crippen molar-refractivity contribution >= 4 is 21.6 Å². The number of anilines is 1. The molecule has 0 spiro atoms. The van der Waals surface area contributed by atoms with Gasteiger partial charge in [0.05, 0.1) is 39.2 Å². The molecular weight excluding hydrogens is 559 g/mol. The van der Waals surface area contributed by atoms with Gasteiger partial charge in [-0.1, -0.05) is 0 Å². The second-order valence-electron chi connectivity index (χ2n) is 11.1. The molecule has 3 heterocycles. The summed E-state index contributed by atoms with van der Waals surface area (Å²) in [6.45, 7) is 1.60. The molecule has 41 heavy (non-hydrogen) atoms.